The van der Waals surface area contributed by atoms with Crippen molar-refractivity contribution in [1.29, 1.82) is 0 Å². The third-order valence-corrected chi connectivity index (χ3v) is 8.19. The van der Waals surface area contributed by atoms with Crippen LogP contribution in [-0.4, -0.2) is 39.6 Å². The maximum absolute atomic E-state index is 12.6. The van der Waals surface area contributed by atoms with Crippen LogP contribution in [0.3, 0.4) is 0 Å². The average Bonchev–Trinajstić information content (AvgIpc) is 3.44. The predicted octanol–water partition coefficient (Wildman–Crippen LogP) is 2.70. The van der Waals surface area contributed by atoms with E-state index in [-0.39, 0.29) is 29.5 Å². The number of rotatable bonds is 7. The average molecular weight is 407 g/mol. The summed E-state index contributed by atoms with van der Waals surface area (Å²) >= 11 is 0. The number of fused-ring (bicyclic) bond motifs is 2. The van der Waals surface area contributed by atoms with Gasteiger partial charge in [0, 0.05) is 24.8 Å². The van der Waals surface area contributed by atoms with Gasteiger partial charge in [-0.3, -0.25) is 4.79 Å². The van der Waals surface area contributed by atoms with Gasteiger partial charge in [-0.05, 0) is 81.0 Å². The summed E-state index contributed by atoms with van der Waals surface area (Å²) in [5, 5.41) is 3.12. The molecule has 5 unspecified atom stereocenters. The number of hydrogen-bond donors (Lipinski definition) is 2. The second-order valence-electron chi connectivity index (χ2n) is 8.61. The fourth-order valence-corrected chi connectivity index (χ4v) is 6.25. The number of carbonyl (C=O) groups is 1. The van der Waals surface area contributed by atoms with Crippen molar-refractivity contribution >= 4 is 15.9 Å². The van der Waals surface area contributed by atoms with Crippen LogP contribution in [0.15, 0.2) is 29.2 Å². The summed E-state index contributed by atoms with van der Waals surface area (Å²) in [6.07, 6.45) is 6.97. The van der Waals surface area contributed by atoms with Crippen LogP contribution in [0, 0.1) is 17.8 Å². The highest BCUT2D eigenvalue weighted by Gasteiger charge is 2.42. The van der Waals surface area contributed by atoms with Gasteiger partial charge in [-0.2, -0.15) is 0 Å². The topological polar surface area (TPSA) is 84.5 Å². The Bertz CT molecular complexity index is 802. The summed E-state index contributed by atoms with van der Waals surface area (Å²) in [7, 11) is -3.59. The van der Waals surface area contributed by atoms with Crippen molar-refractivity contribution in [3.05, 3.63) is 29.8 Å². The molecule has 3 fully saturated rings. The monoisotopic (exact) mass is 406 g/mol. The van der Waals surface area contributed by atoms with E-state index in [2.05, 4.69) is 17.0 Å². The van der Waals surface area contributed by atoms with Crippen LogP contribution in [0.2, 0.25) is 0 Å². The second-order valence-corrected chi connectivity index (χ2v) is 10.4. The van der Waals surface area contributed by atoms with Gasteiger partial charge in [-0.15, -0.1) is 0 Å². The number of sulfonamides is 1. The zero-order valence-corrected chi connectivity index (χ0v) is 17.2. The zero-order valence-electron chi connectivity index (χ0n) is 16.4. The molecule has 28 heavy (non-hydrogen) atoms. The normalized spacial score (nSPS) is 30.5. The van der Waals surface area contributed by atoms with Gasteiger partial charge >= 0.3 is 0 Å². The Hall–Kier alpha value is -1.44. The molecule has 2 bridgehead atoms. The summed E-state index contributed by atoms with van der Waals surface area (Å²) in [4.78, 5) is 12.8. The van der Waals surface area contributed by atoms with Gasteiger partial charge < -0.3 is 10.1 Å². The molecule has 6 nitrogen and oxygen atoms in total. The Balaban J connectivity index is 1.33. The molecule has 2 N–H and O–H groups in total. The highest BCUT2D eigenvalue weighted by molar-refractivity contribution is 7.89. The van der Waals surface area contributed by atoms with E-state index in [1.807, 2.05) is 0 Å². The van der Waals surface area contributed by atoms with Gasteiger partial charge in [-0.25, -0.2) is 13.1 Å². The van der Waals surface area contributed by atoms with Crippen molar-refractivity contribution in [3.63, 3.8) is 0 Å². The summed E-state index contributed by atoms with van der Waals surface area (Å²) in [5.74, 6) is 2.04. The molecule has 154 valence electrons. The molecular weight excluding hydrogens is 376 g/mol. The minimum absolute atomic E-state index is 0.0489. The van der Waals surface area contributed by atoms with E-state index in [4.69, 9.17) is 4.74 Å². The molecule has 1 amide bonds. The number of benzene rings is 1. The third kappa shape index (κ3) is 4.26. The van der Waals surface area contributed by atoms with Crippen molar-refractivity contribution in [2.24, 2.45) is 17.8 Å². The van der Waals surface area contributed by atoms with E-state index in [1.165, 1.54) is 37.8 Å². The quantitative estimate of drug-likeness (QED) is 0.729. The Morgan fingerprint density at radius 3 is 2.57 bits per heavy atom. The number of carbonyl (C=O) groups excluding carboxylic acids is 1. The maximum Gasteiger partial charge on any atom is 0.251 e. The van der Waals surface area contributed by atoms with Crippen LogP contribution in [0.25, 0.3) is 0 Å². The summed E-state index contributed by atoms with van der Waals surface area (Å²) < 4.78 is 32.9. The zero-order chi connectivity index (χ0) is 19.7. The lowest BCUT2D eigenvalue weighted by molar-refractivity contribution is 0.0915. The third-order valence-electron chi connectivity index (χ3n) is 6.75. The van der Waals surface area contributed by atoms with Crippen molar-refractivity contribution in [2.75, 3.05) is 13.2 Å². The Labute approximate surface area is 167 Å². The van der Waals surface area contributed by atoms with Crippen molar-refractivity contribution in [3.8, 4) is 0 Å². The van der Waals surface area contributed by atoms with Crippen molar-refractivity contribution < 1.29 is 17.9 Å². The SMILES string of the molecule is CC(NC(=O)c1ccc(S(=O)(=O)NCC2CCCO2)cc1)C1CC2CCC1C2. The Morgan fingerprint density at radius 1 is 1.18 bits per heavy atom. The van der Waals surface area contributed by atoms with E-state index in [1.54, 1.807) is 12.1 Å². The largest absolute Gasteiger partial charge is 0.377 e. The van der Waals surface area contributed by atoms with Crippen molar-refractivity contribution in [2.45, 2.75) is 62.5 Å². The van der Waals surface area contributed by atoms with Gasteiger partial charge in [-0.1, -0.05) is 6.42 Å². The lowest BCUT2D eigenvalue weighted by Gasteiger charge is -2.28. The molecule has 3 aliphatic rings. The number of amides is 1. The molecule has 1 saturated heterocycles. The van der Waals surface area contributed by atoms with E-state index in [9.17, 15) is 13.2 Å². The van der Waals surface area contributed by atoms with E-state index >= 15 is 0 Å². The van der Waals surface area contributed by atoms with Gasteiger partial charge in [0.25, 0.3) is 5.91 Å². The molecule has 0 radical (unpaired) electrons. The predicted molar refractivity (Wildman–Crippen MR) is 106 cm³/mol. The van der Waals surface area contributed by atoms with Gasteiger partial charge in [0.15, 0.2) is 0 Å². The summed E-state index contributed by atoms with van der Waals surface area (Å²) in [6.45, 7) is 3.07. The first kappa shape index (κ1) is 19.9. The minimum Gasteiger partial charge on any atom is -0.377 e. The summed E-state index contributed by atoms with van der Waals surface area (Å²) in [5.41, 5.74) is 0.494. The lowest BCUT2D eigenvalue weighted by atomic mass is 9.84. The van der Waals surface area contributed by atoms with Crippen LogP contribution in [0.1, 0.15) is 55.8 Å². The molecule has 4 rings (SSSR count). The first-order valence-electron chi connectivity index (χ1n) is 10.4. The molecule has 2 saturated carbocycles. The molecule has 1 aromatic carbocycles. The van der Waals surface area contributed by atoms with E-state index in [0.717, 1.165) is 24.7 Å². The first-order valence-corrected chi connectivity index (χ1v) is 11.9. The highest BCUT2D eigenvalue weighted by atomic mass is 32.2. The fourth-order valence-electron chi connectivity index (χ4n) is 5.18. The molecule has 1 aromatic rings. The molecule has 1 heterocycles. The molecule has 0 spiro atoms. The lowest BCUT2D eigenvalue weighted by Crippen LogP contribution is -2.40. The molecular formula is C21H30N2O4S. The van der Waals surface area contributed by atoms with Crippen LogP contribution in [0.4, 0.5) is 0 Å². The van der Waals surface area contributed by atoms with Crippen molar-refractivity contribution in [1.82, 2.24) is 10.0 Å². The van der Waals surface area contributed by atoms with Gasteiger partial charge in [0.1, 0.15) is 0 Å². The van der Waals surface area contributed by atoms with E-state index < -0.39 is 10.0 Å². The molecule has 7 heteroatoms. The van der Waals surface area contributed by atoms with Crippen LogP contribution < -0.4 is 10.0 Å². The Morgan fingerprint density at radius 2 is 1.96 bits per heavy atom. The molecule has 5 atom stereocenters. The first-order chi connectivity index (χ1) is 13.4. The molecule has 0 aromatic heterocycles. The van der Waals surface area contributed by atoms with Gasteiger partial charge in [0.2, 0.25) is 10.0 Å². The number of ether oxygens (including phenoxy) is 1. The second kappa shape index (κ2) is 8.13. The van der Waals surface area contributed by atoms with Crippen LogP contribution in [-0.2, 0) is 14.8 Å². The van der Waals surface area contributed by atoms with E-state index in [0.29, 0.717) is 18.1 Å². The summed E-state index contributed by atoms with van der Waals surface area (Å²) in [6, 6.07) is 6.32. The minimum atomic E-state index is -3.59. The van der Waals surface area contributed by atoms with Crippen LogP contribution in [0.5, 0.6) is 0 Å². The number of hydrogen-bond acceptors (Lipinski definition) is 4. The maximum atomic E-state index is 12.6. The highest BCUT2D eigenvalue weighted by Crippen LogP contribution is 2.49. The standard InChI is InChI=1S/C21H30N2O4S/c1-14(20-12-15-4-5-17(20)11-15)23-21(24)16-6-8-19(9-7-16)28(25,26)22-13-18-3-2-10-27-18/h6-9,14-15,17-18,20,22H,2-5,10-13H2,1H3,(H,23,24). The molecule has 1 aliphatic heterocycles. The smallest absolute Gasteiger partial charge is 0.251 e. The Kier molecular flexibility index (Phi) is 5.76. The van der Waals surface area contributed by atoms with Gasteiger partial charge in [0.05, 0.1) is 11.0 Å². The fraction of sp³-hybridized carbons (Fsp3) is 0.667. The molecule has 2 aliphatic carbocycles. The van der Waals surface area contributed by atoms with Crippen LogP contribution >= 0.6 is 0 Å². The number of nitrogens with one attached hydrogen (secondary N) is 2.